The molecule has 4 aromatic rings. The van der Waals surface area contributed by atoms with E-state index < -0.39 is 10.4 Å². The van der Waals surface area contributed by atoms with Crippen molar-refractivity contribution in [3.8, 4) is 17.2 Å². The van der Waals surface area contributed by atoms with Gasteiger partial charge < -0.3 is 18.2 Å². The first-order chi connectivity index (χ1) is 16.4. The molecule has 0 aliphatic rings. The lowest BCUT2D eigenvalue weighted by Crippen LogP contribution is -2.07. The van der Waals surface area contributed by atoms with Gasteiger partial charge in [-0.3, -0.25) is 0 Å². The van der Waals surface area contributed by atoms with E-state index in [-0.39, 0.29) is 16.6 Å². The van der Waals surface area contributed by atoms with Crippen molar-refractivity contribution in [2.24, 2.45) is 0 Å². The number of methoxy groups -OCH3 is 2. The highest BCUT2D eigenvalue weighted by atomic mass is 32.3. The van der Waals surface area contributed by atoms with Gasteiger partial charge in [-0.15, -0.1) is 0 Å². The molecule has 0 aliphatic heterocycles. The van der Waals surface area contributed by atoms with Gasteiger partial charge in [0, 0.05) is 18.2 Å². The van der Waals surface area contributed by atoms with Crippen LogP contribution in [0.25, 0.3) is 0 Å². The molecule has 4 aromatic carbocycles. The van der Waals surface area contributed by atoms with E-state index in [1.807, 2.05) is 0 Å². The maximum atomic E-state index is 10.3. The molecule has 34 heavy (non-hydrogen) atoms. The first kappa shape index (κ1) is 25.2. The molecule has 0 amide bonds. The lowest BCUT2D eigenvalue weighted by molar-refractivity contribution is 0.365. The molecular weight excluding hydrogens is 472 g/mol. The van der Waals surface area contributed by atoms with Crippen LogP contribution in [0.4, 0.5) is 0 Å². The Hall–Kier alpha value is -3.46. The van der Waals surface area contributed by atoms with Gasteiger partial charge in [0.15, 0.2) is 14.7 Å². The number of rotatable bonds is 7. The SMILES string of the molecule is COc1cc(OC)cc(OS(=O)(=O)[O-])c1.c1ccc([S+](c2ccccc2)c2ccccc2)cc1. The largest absolute Gasteiger partial charge is 0.716 e. The third-order valence-corrected chi connectivity index (χ3v) is 7.09. The molecule has 0 spiro atoms. The minimum Gasteiger partial charge on any atom is -0.716 e. The third kappa shape index (κ3) is 7.55. The fourth-order valence-corrected chi connectivity index (χ4v) is 5.46. The Morgan fingerprint density at radius 2 is 0.912 bits per heavy atom. The van der Waals surface area contributed by atoms with E-state index in [0.717, 1.165) is 0 Å². The molecule has 0 saturated heterocycles. The molecule has 0 heterocycles. The van der Waals surface area contributed by atoms with Crippen LogP contribution < -0.4 is 13.7 Å². The first-order valence-corrected chi connectivity index (χ1v) is 12.7. The molecule has 0 aliphatic carbocycles. The second-order valence-electron chi connectivity index (χ2n) is 6.79. The molecule has 0 saturated carbocycles. The minimum atomic E-state index is -4.79. The number of ether oxygens (including phenoxy) is 2. The smallest absolute Gasteiger partial charge is 0.262 e. The fourth-order valence-electron chi connectivity index (χ4n) is 3.03. The molecule has 0 radical (unpaired) electrons. The van der Waals surface area contributed by atoms with Crippen molar-refractivity contribution < 1.29 is 26.6 Å². The summed E-state index contributed by atoms with van der Waals surface area (Å²) in [6.07, 6.45) is 0. The van der Waals surface area contributed by atoms with Crippen molar-refractivity contribution in [1.82, 2.24) is 0 Å². The zero-order valence-electron chi connectivity index (χ0n) is 18.7. The maximum Gasteiger partial charge on any atom is 0.262 e. The average molecular weight is 497 g/mol. The van der Waals surface area contributed by atoms with Gasteiger partial charge >= 0.3 is 0 Å². The molecule has 0 unspecified atom stereocenters. The van der Waals surface area contributed by atoms with Gasteiger partial charge in [0.1, 0.15) is 17.2 Å². The summed E-state index contributed by atoms with van der Waals surface area (Å²) >= 11 is 0. The molecular formula is C26H24O6S2. The van der Waals surface area contributed by atoms with Crippen LogP contribution in [0.1, 0.15) is 0 Å². The summed E-state index contributed by atoms with van der Waals surface area (Å²) in [7, 11) is -2.02. The highest BCUT2D eigenvalue weighted by Gasteiger charge is 2.27. The van der Waals surface area contributed by atoms with Gasteiger partial charge in [-0.2, -0.15) is 0 Å². The molecule has 0 N–H and O–H groups in total. The predicted octanol–water partition coefficient (Wildman–Crippen LogP) is 5.32. The van der Waals surface area contributed by atoms with Crippen molar-refractivity contribution in [2.45, 2.75) is 14.7 Å². The highest BCUT2D eigenvalue weighted by molar-refractivity contribution is 7.97. The lowest BCUT2D eigenvalue weighted by Gasteiger charge is -2.11. The van der Waals surface area contributed by atoms with E-state index in [4.69, 9.17) is 9.47 Å². The van der Waals surface area contributed by atoms with Gasteiger partial charge in [-0.05, 0) is 36.4 Å². The Morgan fingerprint density at radius 1 is 0.588 bits per heavy atom. The summed E-state index contributed by atoms with van der Waals surface area (Å²) in [5.41, 5.74) is 0. The van der Waals surface area contributed by atoms with Crippen LogP contribution in [0.3, 0.4) is 0 Å². The fraction of sp³-hybridized carbons (Fsp3) is 0.0769. The third-order valence-electron chi connectivity index (χ3n) is 4.46. The molecule has 0 bridgehead atoms. The van der Waals surface area contributed by atoms with Crippen LogP contribution in [0.5, 0.6) is 17.2 Å². The van der Waals surface area contributed by atoms with Crippen LogP contribution in [-0.2, 0) is 21.3 Å². The van der Waals surface area contributed by atoms with E-state index >= 15 is 0 Å². The van der Waals surface area contributed by atoms with Gasteiger partial charge in [0.2, 0.25) is 0 Å². The zero-order valence-corrected chi connectivity index (χ0v) is 20.3. The van der Waals surface area contributed by atoms with Crippen LogP contribution in [0.15, 0.2) is 124 Å². The average Bonchev–Trinajstić information content (AvgIpc) is 2.85. The van der Waals surface area contributed by atoms with E-state index in [2.05, 4.69) is 95.2 Å². The Bertz CT molecular complexity index is 1150. The van der Waals surface area contributed by atoms with Crippen molar-refractivity contribution in [1.29, 1.82) is 0 Å². The Morgan fingerprint density at radius 3 is 1.21 bits per heavy atom. The Balaban J connectivity index is 0.000000197. The van der Waals surface area contributed by atoms with E-state index in [1.54, 1.807) is 0 Å². The van der Waals surface area contributed by atoms with Crippen LogP contribution in [0, 0.1) is 0 Å². The molecule has 8 heteroatoms. The van der Waals surface area contributed by atoms with Crippen LogP contribution >= 0.6 is 0 Å². The van der Waals surface area contributed by atoms with E-state index in [0.29, 0.717) is 11.5 Å². The van der Waals surface area contributed by atoms with Crippen molar-refractivity contribution >= 4 is 21.3 Å². The maximum absolute atomic E-state index is 10.3. The number of benzene rings is 4. The lowest BCUT2D eigenvalue weighted by atomic mass is 10.3. The summed E-state index contributed by atoms with van der Waals surface area (Å²) in [4.78, 5) is 4.08. The zero-order chi connectivity index (χ0) is 24.4. The van der Waals surface area contributed by atoms with Crippen molar-refractivity contribution in [3.05, 3.63) is 109 Å². The second kappa shape index (κ2) is 12.1. The molecule has 6 nitrogen and oxygen atoms in total. The molecule has 0 aromatic heterocycles. The summed E-state index contributed by atoms with van der Waals surface area (Å²) in [6.45, 7) is 0. The van der Waals surface area contributed by atoms with E-state index in [9.17, 15) is 13.0 Å². The standard InChI is InChI=1S/C18H15S.C8H10O6S/c1-4-10-16(11-5-1)19(17-12-6-2-7-13-17)18-14-8-3-9-15-18;1-12-6-3-7(13-2)5-8(4-6)14-15(9,10)11/h1-15H;3-5H,1-2H3,(H,9,10,11)/q+1;/p-1. The Labute approximate surface area is 203 Å². The summed E-state index contributed by atoms with van der Waals surface area (Å²) in [5.74, 6) is 0.502. The summed E-state index contributed by atoms with van der Waals surface area (Å²) in [5, 5.41) is 0. The van der Waals surface area contributed by atoms with Crippen LogP contribution in [0.2, 0.25) is 0 Å². The quantitative estimate of drug-likeness (QED) is 0.195. The highest BCUT2D eigenvalue weighted by Crippen LogP contribution is 2.30. The monoisotopic (exact) mass is 496 g/mol. The second-order valence-corrected chi connectivity index (χ2v) is 9.80. The van der Waals surface area contributed by atoms with Gasteiger partial charge in [-0.25, -0.2) is 8.42 Å². The molecule has 0 fully saturated rings. The summed E-state index contributed by atoms with van der Waals surface area (Å²) in [6, 6.07) is 36.2. The normalized spacial score (nSPS) is 10.7. The van der Waals surface area contributed by atoms with Crippen molar-refractivity contribution in [3.63, 3.8) is 0 Å². The molecule has 0 atom stereocenters. The topological polar surface area (TPSA) is 84.9 Å². The van der Waals surface area contributed by atoms with Crippen molar-refractivity contribution in [2.75, 3.05) is 14.2 Å². The van der Waals surface area contributed by atoms with Gasteiger partial charge in [-0.1, -0.05) is 54.6 Å². The number of hydrogen-bond acceptors (Lipinski definition) is 6. The molecule has 176 valence electrons. The Kier molecular flexibility index (Phi) is 8.98. The van der Waals surface area contributed by atoms with Gasteiger partial charge in [0.25, 0.3) is 10.4 Å². The van der Waals surface area contributed by atoms with Gasteiger partial charge in [0.05, 0.1) is 25.1 Å². The van der Waals surface area contributed by atoms with E-state index in [1.165, 1.54) is 47.1 Å². The predicted molar refractivity (Wildman–Crippen MR) is 131 cm³/mol. The summed E-state index contributed by atoms with van der Waals surface area (Å²) < 4.78 is 44.9. The minimum absolute atomic E-state index is 0.0146. The molecule has 4 rings (SSSR count). The van der Waals surface area contributed by atoms with Crippen LogP contribution in [-0.4, -0.2) is 27.2 Å². The first-order valence-electron chi connectivity index (χ1n) is 10.2. The number of hydrogen-bond donors (Lipinski definition) is 0.